The van der Waals surface area contributed by atoms with Gasteiger partial charge in [-0.25, -0.2) is 8.78 Å². The third-order valence-corrected chi connectivity index (χ3v) is 2.62. The third kappa shape index (κ3) is 3.39. The first-order valence-corrected chi connectivity index (χ1v) is 5.82. The number of rotatable bonds is 3. The molecule has 100 valence electrons. The Labute approximate surface area is 114 Å². The van der Waals surface area contributed by atoms with Gasteiger partial charge in [0.15, 0.2) is 0 Å². The average Bonchev–Trinajstić information content (AvgIpc) is 2.40. The van der Waals surface area contributed by atoms with Gasteiger partial charge in [-0.05, 0) is 29.8 Å². The molecule has 0 aliphatic rings. The van der Waals surface area contributed by atoms with E-state index in [1.807, 2.05) is 6.07 Å². The molecule has 0 bridgehead atoms. The van der Waals surface area contributed by atoms with Crippen LogP contribution in [0.15, 0.2) is 42.5 Å². The fourth-order valence-electron chi connectivity index (χ4n) is 1.69. The molecule has 2 aromatic carbocycles. The molecule has 2 aromatic rings. The molecule has 5 heteroatoms. The van der Waals surface area contributed by atoms with Gasteiger partial charge in [0.1, 0.15) is 11.6 Å². The predicted molar refractivity (Wildman–Crippen MR) is 70.1 cm³/mol. The Morgan fingerprint density at radius 3 is 2.25 bits per heavy atom. The fraction of sp³-hybridized carbons (Fsp3) is 0.0667. The summed E-state index contributed by atoms with van der Waals surface area (Å²) in [4.78, 5) is 11.8. The SMILES string of the molecule is N#CCc1ccc(NC(=O)c2cc(F)cc(F)c2)cc1. The maximum Gasteiger partial charge on any atom is 0.255 e. The lowest BCUT2D eigenvalue weighted by Gasteiger charge is -2.06. The van der Waals surface area contributed by atoms with E-state index in [-0.39, 0.29) is 12.0 Å². The van der Waals surface area contributed by atoms with Crippen LogP contribution in [0.1, 0.15) is 15.9 Å². The van der Waals surface area contributed by atoms with Gasteiger partial charge in [-0.2, -0.15) is 5.26 Å². The highest BCUT2D eigenvalue weighted by molar-refractivity contribution is 6.04. The highest BCUT2D eigenvalue weighted by atomic mass is 19.1. The quantitative estimate of drug-likeness (QED) is 0.932. The summed E-state index contributed by atoms with van der Waals surface area (Å²) in [5.74, 6) is -2.21. The summed E-state index contributed by atoms with van der Waals surface area (Å²) in [6, 6.07) is 11.3. The summed E-state index contributed by atoms with van der Waals surface area (Å²) in [5, 5.41) is 11.1. The normalized spacial score (nSPS) is 9.85. The van der Waals surface area contributed by atoms with Crippen LogP contribution in [0.25, 0.3) is 0 Å². The smallest absolute Gasteiger partial charge is 0.255 e. The lowest BCUT2D eigenvalue weighted by molar-refractivity contribution is 0.102. The molecule has 0 saturated carbocycles. The molecule has 0 radical (unpaired) electrons. The topological polar surface area (TPSA) is 52.9 Å². The zero-order valence-electron chi connectivity index (χ0n) is 10.4. The van der Waals surface area contributed by atoms with Crippen molar-refractivity contribution in [2.45, 2.75) is 6.42 Å². The number of hydrogen-bond donors (Lipinski definition) is 1. The number of amides is 1. The van der Waals surface area contributed by atoms with Gasteiger partial charge in [0.25, 0.3) is 5.91 Å². The number of nitrogens with one attached hydrogen (secondary N) is 1. The Balaban J connectivity index is 2.13. The lowest BCUT2D eigenvalue weighted by atomic mass is 10.1. The van der Waals surface area contributed by atoms with Crippen molar-refractivity contribution in [2.24, 2.45) is 0 Å². The van der Waals surface area contributed by atoms with Gasteiger partial charge in [-0.3, -0.25) is 4.79 Å². The van der Waals surface area contributed by atoms with Crippen LogP contribution >= 0.6 is 0 Å². The molecule has 0 unspecified atom stereocenters. The van der Waals surface area contributed by atoms with Crippen molar-refractivity contribution in [1.82, 2.24) is 0 Å². The van der Waals surface area contributed by atoms with Crippen molar-refractivity contribution >= 4 is 11.6 Å². The monoisotopic (exact) mass is 272 g/mol. The van der Waals surface area contributed by atoms with Crippen molar-refractivity contribution < 1.29 is 13.6 Å². The second kappa shape index (κ2) is 5.93. The number of carbonyl (C=O) groups excluding carboxylic acids is 1. The molecule has 20 heavy (non-hydrogen) atoms. The van der Waals surface area contributed by atoms with Crippen molar-refractivity contribution in [1.29, 1.82) is 5.26 Å². The number of nitriles is 1. The summed E-state index contributed by atoms with van der Waals surface area (Å²) in [6.07, 6.45) is 0.281. The van der Waals surface area contributed by atoms with E-state index in [0.29, 0.717) is 11.8 Å². The van der Waals surface area contributed by atoms with Crippen LogP contribution in [0.4, 0.5) is 14.5 Å². The van der Waals surface area contributed by atoms with E-state index < -0.39 is 17.5 Å². The van der Waals surface area contributed by atoms with E-state index in [0.717, 1.165) is 17.7 Å². The first kappa shape index (κ1) is 13.7. The molecule has 0 fully saturated rings. The fourth-order valence-corrected chi connectivity index (χ4v) is 1.69. The molecular weight excluding hydrogens is 262 g/mol. The summed E-state index contributed by atoms with van der Waals surface area (Å²) >= 11 is 0. The Morgan fingerprint density at radius 2 is 1.70 bits per heavy atom. The van der Waals surface area contributed by atoms with Crippen molar-refractivity contribution in [3.63, 3.8) is 0 Å². The molecule has 1 amide bonds. The first-order chi connectivity index (χ1) is 9.58. The number of anilines is 1. The Hall–Kier alpha value is -2.74. The molecule has 0 heterocycles. The number of nitrogens with zero attached hydrogens (tertiary/aromatic N) is 1. The van der Waals surface area contributed by atoms with Crippen molar-refractivity contribution in [3.05, 3.63) is 65.2 Å². The maximum atomic E-state index is 13.0. The van der Waals surface area contributed by atoms with Gasteiger partial charge in [-0.1, -0.05) is 12.1 Å². The van der Waals surface area contributed by atoms with Gasteiger partial charge >= 0.3 is 0 Å². The molecule has 0 atom stereocenters. The first-order valence-electron chi connectivity index (χ1n) is 5.82. The molecule has 0 saturated heterocycles. The van der Waals surface area contributed by atoms with Crippen LogP contribution in [-0.4, -0.2) is 5.91 Å². The van der Waals surface area contributed by atoms with Crippen molar-refractivity contribution in [2.75, 3.05) is 5.32 Å². The zero-order chi connectivity index (χ0) is 14.5. The van der Waals surface area contributed by atoms with Gasteiger partial charge in [0.05, 0.1) is 12.5 Å². The third-order valence-electron chi connectivity index (χ3n) is 2.62. The Morgan fingerprint density at radius 1 is 1.10 bits per heavy atom. The van der Waals surface area contributed by atoms with Crippen LogP contribution in [0.2, 0.25) is 0 Å². The van der Waals surface area contributed by atoms with Crippen LogP contribution < -0.4 is 5.32 Å². The highest BCUT2D eigenvalue weighted by Gasteiger charge is 2.09. The summed E-state index contributed by atoms with van der Waals surface area (Å²) in [5.41, 5.74) is 1.22. The second-order valence-electron chi connectivity index (χ2n) is 4.14. The van der Waals surface area contributed by atoms with Gasteiger partial charge in [0.2, 0.25) is 0 Å². The molecule has 0 aliphatic heterocycles. The minimum absolute atomic E-state index is 0.0939. The molecule has 0 aliphatic carbocycles. The van der Waals surface area contributed by atoms with Crippen LogP contribution in [-0.2, 0) is 6.42 Å². The summed E-state index contributed by atoms with van der Waals surface area (Å²) in [7, 11) is 0. The van der Waals surface area contributed by atoms with E-state index in [4.69, 9.17) is 5.26 Å². The Kier molecular flexibility index (Phi) is 4.06. The molecule has 0 spiro atoms. The zero-order valence-corrected chi connectivity index (χ0v) is 10.4. The van der Waals surface area contributed by atoms with Crippen molar-refractivity contribution in [3.8, 4) is 6.07 Å². The number of hydrogen-bond acceptors (Lipinski definition) is 2. The van der Waals surface area contributed by atoms with Gasteiger partial charge in [0, 0.05) is 17.3 Å². The molecule has 1 N–H and O–H groups in total. The van der Waals surface area contributed by atoms with E-state index in [9.17, 15) is 13.6 Å². The van der Waals surface area contributed by atoms with Gasteiger partial charge < -0.3 is 5.32 Å². The van der Waals surface area contributed by atoms with E-state index in [1.165, 1.54) is 0 Å². The minimum atomic E-state index is -0.806. The van der Waals surface area contributed by atoms with Gasteiger partial charge in [-0.15, -0.1) is 0 Å². The largest absolute Gasteiger partial charge is 0.322 e. The van der Waals surface area contributed by atoms with E-state index in [1.54, 1.807) is 24.3 Å². The minimum Gasteiger partial charge on any atom is -0.322 e. The van der Waals surface area contributed by atoms with E-state index in [2.05, 4.69) is 5.32 Å². The maximum absolute atomic E-state index is 13.0. The van der Waals surface area contributed by atoms with Crippen LogP contribution in [0.5, 0.6) is 0 Å². The lowest BCUT2D eigenvalue weighted by Crippen LogP contribution is -2.12. The van der Waals surface area contributed by atoms with E-state index >= 15 is 0 Å². The standard InChI is InChI=1S/C15H10F2N2O/c16-12-7-11(8-13(17)9-12)15(20)19-14-3-1-10(2-4-14)5-6-18/h1-4,7-9H,5H2,(H,19,20). The second-order valence-corrected chi connectivity index (χ2v) is 4.14. The molecule has 0 aromatic heterocycles. The Bertz CT molecular complexity index is 655. The number of benzene rings is 2. The predicted octanol–water partition coefficient (Wildman–Crippen LogP) is 3.28. The number of carbonyl (C=O) groups is 1. The average molecular weight is 272 g/mol. The summed E-state index contributed by atoms with van der Waals surface area (Å²) in [6.45, 7) is 0. The van der Waals surface area contributed by atoms with Crippen LogP contribution in [0, 0.1) is 23.0 Å². The number of halogens is 2. The molecule has 3 nitrogen and oxygen atoms in total. The summed E-state index contributed by atoms with van der Waals surface area (Å²) < 4.78 is 26.0. The highest BCUT2D eigenvalue weighted by Crippen LogP contribution is 2.13. The van der Waals surface area contributed by atoms with Crippen LogP contribution in [0.3, 0.4) is 0 Å². The molecule has 2 rings (SSSR count). The molecular formula is C15H10F2N2O.